The number of hydrogen-bond donors (Lipinski definition) is 1. The number of thiazole rings is 1. The highest BCUT2D eigenvalue weighted by Gasteiger charge is 2.29. The van der Waals surface area contributed by atoms with Gasteiger partial charge in [-0.2, -0.15) is 4.39 Å². The lowest BCUT2D eigenvalue weighted by Crippen LogP contribution is -2.23. The lowest BCUT2D eigenvalue weighted by molar-refractivity contribution is 0.153. The summed E-state index contributed by atoms with van der Waals surface area (Å²) in [5.41, 5.74) is -0.191. The smallest absolute Gasteiger partial charge is 0.407 e. The number of carbonyl (C=O) groups is 1. The van der Waals surface area contributed by atoms with Crippen LogP contribution in [0.4, 0.5) is 9.18 Å². The van der Waals surface area contributed by atoms with Gasteiger partial charge in [0.25, 0.3) is 0 Å². The molecule has 0 aliphatic carbocycles. The third-order valence-corrected chi connectivity index (χ3v) is 6.83. The van der Waals surface area contributed by atoms with E-state index in [1.165, 1.54) is 49.9 Å². The summed E-state index contributed by atoms with van der Waals surface area (Å²) in [6, 6.07) is 5.66. The highest BCUT2D eigenvalue weighted by Crippen LogP contribution is 2.36. The van der Waals surface area contributed by atoms with Gasteiger partial charge < -0.3 is 10.0 Å². The Labute approximate surface area is 157 Å². The molecule has 0 aliphatic heterocycles. The molecule has 0 unspecified atom stereocenters. The Hall–Kier alpha value is -2.92. The minimum Gasteiger partial charge on any atom is -0.465 e. The van der Waals surface area contributed by atoms with E-state index in [2.05, 4.69) is 15.0 Å². The first-order valence-corrected chi connectivity index (χ1v) is 9.80. The Balaban J connectivity index is 2.18. The predicted octanol–water partition coefficient (Wildman–Crippen LogP) is 2.68. The first kappa shape index (κ1) is 18.9. The summed E-state index contributed by atoms with van der Waals surface area (Å²) in [5.74, 6) is -0.872. The maximum atomic E-state index is 14.2. The number of halogens is 1. The van der Waals surface area contributed by atoms with Crippen molar-refractivity contribution in [3.63, 3.8) is 0 Å². The Morgan fingerprint density at radius 3 is 2.67 bits per heavy atom. The fourth-order valence-electron chi connectivity index (χ4n) is 2.21. The van der Waals surface area contributed by atoms with E-state index < -0.39 is 21.9 Å². The Bertz CT molecular complexity index is 1090. The predicted molar refractivity (Wildman–Crippen MR) is 94.5 cm³/mol. The third kappa shape index (κ3) is 3.78. The van der Waals surface area contributed by atoms with Crippen molar-refractivity contribution in [2.75, 3.05) is 7.05 Å². The number of aromatic nitrogens is 3. The minimum absolute atomic E-state index is 0.0719. The molecule has 3 aromatic rings. The monoisotopic (exact) mass is 408 g/mol. The summed E-state index contributed by atoms with van der Waals surface area (Å²) in [7, 11) is -2.71. The van der Waals surface area contributed by atoms with Crippen LogP contribution in [0.5, 0.6) is 0 Å². The number of nitrogens with zero attached hydrogens (tertiary/aromatic N) is 4. The molecule has 0 aromatic carbocycles. The topological polar surface area (TPSA) is 113 Å². The second kappa shape index (κ2) is 7.37. The Kier molecular flexibility index (Phi) is 5.15. The van der Waals surface area contributed by atoms with E-state index in [0.717, 1.165) is 16.2 Å². The lowest BCUT2D eigenvalue weighted by Gasteiger charge is -2.09. The molecule has 27 heavy (non-hydrogen) atoms. The van der Waals surface area contributed by atoms with Crippen molar-refractivity contribution >= 4 is 27.3 Å². The molecular formula is C16H13FN4O4S2. The van der Waals surface area contributed by atoms with Crippen LogP contribution in [-0.4, -0.2) is 46.5 Å². The van der Waals surface area contributed by atoms with Gasteiger partial charge in [0.2, 0.25) is 15.8 Å². The lowest BCUT2D eigenvalue weighted by atomic mass is 10.2. The zero-order valence-corrected chi connectivity index (χ0v) is 15.5. The van der Waals surface area contributed by atoms with Gasteiger partial charge in [0.1, 0.15) is 10.7 Å². The number of pyridine rings is 2. The van der Waals surface area contributed by atoms with Crippen LogP contribution in [0.2, 0.25) is 0 Å². The fraction of sp³-hybridized carbons (Fsp3) is 0.125. The normalized spacial score (nSPS) is 11.3. The van der Waals surface area contributed by atoms with Crippen LogP contribution >= 0.6 is 11.3 Å². The van der Waals surface area contributed by atoms with E-state index in [4.69, 9.17) is 5.11 Å². The van der Waals surface area contributed by atoms with Crippen molar-refractivity contribution in [3.8, 4) is 11.3 Å². The molecule has 3 heterocycles. The van der Waals surface area contributed by atoms with E-state index in [0.29, 0.717) is 0 Å². The minimum atomic E-state index is -4.04. The molecule has 8 nitrogen and oxygen atoms in total. The molecule has 0 bridgehead atoms. The van der Waals surface area contributed by atoms with E-state index >= 15 is 0 Å². The van der Waals surface area contributed by atoms with E-state index in [1.807, 2.05) is 0 Å². The molecule has 0 aliphatic rings. The first-order valence-electron chi connectivity index (χ1n) is 7.50. The summed E-state index contributed by atoms with van der Waals surface area (Å²) < 4.78 is 40.0. The van der Waals surface area contributed by atoms with Gasteiger partial charge in [-0.05, 0) is 24.3 Å². The SMILES string of the molecule is CN(Cc1nc(-c2cccnc2F)c(S(=O)(=O)c2cccnc2)s1)C(=O)O. The summed E-state index contributed by atoms with van der Waals surface area (Å²) in [5, 5.41) is 9.23. The number of sulfone groups is 1. The van der Waals surface area contributed by atoms with Gasteiger partial charge in [-0.25, -0.2) is 23.2 Å². The highest BCUT2D eigenvalue weighted by atomic mass is 32.2. The van der Waals surface area contributed by atoms with Gasteiger partial charge in [0, 0.05) is 25.6 Å². The van der Waals surface area contributed by atoms with Gasteiger partial charge >= 0.3 is 6.09 Å². The van der Waals surface area contributed by atoms with Crippen molar-refractivity contribution in [1.82, 2.24) is 19.9 Å². The van der Waals surface area contributed by atoms with Crippen LogP contribution in [0.15, 0.2) is 52.0 Å². The van der Waals surface area contributed by atoms with Gasteiger partial charge in [0.15, 0.2) is 4.21 Å². The molecule has 0 spiro atoms. The Morgan fingerprint density at radius 1 is 1.30 bits per heavy atom. The van der Waals surface area contributed by atoms with E-state index in [1.54, 1.807) is 0 Å². The standard InChI is InChI=1S/C16H13FN4O4S2/c1-21(16(22)23)9-12-20-13(11-5-3-7-19-14(11)17)15(26-12)27(24,25)10-4-2-6-18-8-10/h2-8H,9H2,1H3,(H,22,23). The quantitative estimate of drug-likeness (QED) is 0.646. The van der Waals surface area contributed by atoms with Crippen molar-refractivity contribution in [3.05, 3.63) is 53.8 Å². The number of rotatable bonds is 5. The molecular weight excluding hydrogens is 395 g/mol. The summed E-state index contributed by atoms with van der Waals surface area (Å²) >= 11 is 0.784. The van der Waals surface area contributed by atoms with Crippen molar-refractivity contribution < 1.29 is 22.7 Å². The molecule has 11 heteroatoms. The van der Waals surface area contributed by atoms with E-state index in [9.17, 15) is 17.6 Å². The molecule has 3 rings (SSSR count). The summed E-state index contributed by atoms with van der Waals surface area (Å²) in [6.07, 6.45) is 2.65. The van der Waals surface area contributed by atoms with Gasteiger partial charge in [-0.1, -0.05) is 0 Å². The third-order valence-electron chi connectivity index (χ3n) is 3.54. The molecule has 3 aromatic heterocycles. The average molecular weight is 408 g/mol. The van der Waals surface area contributed by atoms with Crippen LogP contribution in [0.25, 0.3) is 11.3 Å². The molecule has 1 N–H and O–H groups in total. The molecule has 0 saturated carbocycles. The highest BCUT2D eigenvalue weighted by molar-refractivity contribution is 7.93. The molecule has 0 radical (unpaired) electrons. The van der Waals surface area contributed by atoms with Crippen LogP contribution in [0.1, 0.15) is 5.01 Å². The molecule has 0 saturated heterocycles. The van der Waals surface area contributed by atoms with E-state index in [-0.39, 0.29) is 31.9 Å². The van der Waals surface area contributed by atoms with Gasteiger partial charge in [0.05, 0.1) is 17.0 Å². The molecule has 0 atom stereocenters. The second-order valence-electron chi connectivity index (χ2n) is 5.42. The maximum Gasteiger partial charge on any atom is 0.407 e. The summed E-state index contributed by atoms with van der Waals surface area (Å²) in [4.78, 5) is 23.5. The number of carboxylic acid groups (broad SMARTS) is 1. The zero-order valence-electron chi connectivity index (χ0n) is 13.9. The largest absolute Gasteiger partial charge is 0.465 e. The molecule has 0 fully saturated rings. The molecule has 1 amide bonds. The number of hydrogen-bond acceptors (Lipinski definition) is 7. The summed E-state index contributed by atoms with van der Waals surface area (Å²) in [6.45, 7) is -0.141. The Morgan fingerprint density at radius 2 is 2.04 bits per heavy atom. The van der Waals surface area contributed by atoms with Crippen LogP contribution in [-0.2, 0) is 16.4 Å². The first-order chi connectivity index (χ1) is 12.8. The number of amides is 1. The van der Waals surface area contributed by atoms with Crippen molar-refractivity contribution in [2.24, 2.45) is 0 Å². The average Bonchev–Trinajstić information content (AvgIpc) is 3.07. The van der Waals surface area contributed by atoms with Crippen LogP contribution in [0, 0.1) is 5.95 Å². The maximum absolute atomic E-state index is 14.2. The molecule has 140 valence electrons. The van der Waals surface area contributed by atoms with Crippen molar-refractivity contribution in [1.29, 1.82) is 0 Å². The van der Waals surface area contributed by atoms with Crippen molar-refractivity contribution in [2.45, 2.75) is 15.6 Å². The zero-order chi connectivity index (χ0) is 19.6. The second-order valence-corrected chi connectivity index (χ2v) is 8.64. The fourth-order valence-corrected chi connectivity index (χ4v) is 5.17. The van der Waals surface area contributed by atoms with Crippen LogP contribution < -0.4 is 0 Å². The van der Waals surface area contributed by atoms with Gasteiger partial charge in [-0.15, -0.1) is 11.3 Å². The van der Waals surface area contributed by atoms with Crippen LogP contribution in [0.3, 0.4) is 0 Å². The van der Waals surface area contributed by atoms with Gasteiger partial charge in [-0.3, -0.25) is 4.98 Å².